The number of carbonyl (C=O) groups is 1. The summed E-state index contributed by atoms with van der Waals surface area (Å²) in [6.45, 7) is 3.84. The van der Waals surface area contributed by atoms with Crippen LogP contribution in [-0.2, 0) is 11.0 Å². The number of halogens is 3. The molecule has 0 aliphatic heterocycles. The average molecular weight is 338 g/mol. The first-order chi connectivity index (χ1) is 11.3. The third-order valence-corrected chi connectivity index (χ3v) is 4.08. The summed E-state index contributed by atoms with van der Waals surface area (Å²) in [5.74, 6) is 1.01. The maximum absolute atomic E-state index is 12.9. The van der Waals surface area contributed by atoms with E-state index in [1.807, 2.05) is 13.8 Å². The van der Waals surface area contributed by atoms with Gasteiger partial charge in [-0.3, -0.25) is 9.78 Å². The number of ketones is 1. The lowest BCUT2D eigenvalue weighted by Crippen LogP contribution is -2.11. The highest BCUT2D eigenvalue weighted by atomic mass is 19.4. The Morgan fingerprint density at radius 2 is 2.04 bits per heavy atom. The molecule has 128 valence electrons. The van der Waals surface area contributed by atoms with Crippen LogP contribution in [-0.4, -0.2) is 25.5 Å². The second-order valence-corrected chi connectivity index (χ2v) is 6.27. The van der Waals surface area contributed by atoms with Gasteiger partial charge in [-0.2, -0.15) is 18.3 Å². The molecule has 0 spiro atoms. The predicted octanol–water partition coefficient (Wildman–Crippen LogP) is 3.78. The molecule has 3 rings (SSSR count). The van der Waals surface area contributed by atoms with E-state index >= 15 is 0 Å². The SMILES string of the molecule is CC(C)n1nc(-c2cncc(C(F)(F)F)c2)nc1C1CCC(=O)C1. The van der Waals surface area contributed by atoms with E-state index in [4.69, 9.17) is 0 Å². The van der Waals surface area contributed by atoms with E-state index in [0.717, 1.165) is 12.3 Å². The fourth-order valence-corrected chi connectivity index (χ4v) is 2.87. The molecule has 0 saturated heterocycles. The maximum atomic E-state index is 12.9. The number of Topliss-reactive ketones (excluding diaryl/α,β-unsaturated/α-hetero) is 1. The van der Waals surface area contributed by atoms with Gasteiger partial charge in [-0.05, 0) is 26.3 Å². The van der Waals surface area contributed by atoms with Gasteiger partial charge in [-0.1, -0.05) is 0 Å². The van der Waals surface area contributed by atoms with Crippen LogP contribution in [0.1, 0.15) is 56.5 Å². The van der Waals surface area contributed by atoms with Gasteiger partial charge in [0, 0.05) is 42.8 Å². The van der Waals surface area contributed by atoms with Crippen LogP contribution in [0.5, 0.6) is 0 Å². The van der Waals surface area contributed by atoms with Crippen LogP contribution >= 0.6 is 0 Å². The summed E-state index contributed by atoms with van der Waals surface area (Å²) in [5.41, 5.74) is -0.617. The number of alkyl halides is 3. The van der Waals surface area contributed by atoms with Crippen LogP contribution in [0.4, 0.5) is 13.2 Å². The highest BCUT2D eigenvalue weighted by Gasteiger charge is 2.32. The first-order valence-corrected chi connectivity index (χ1v) is 7.76. The number of rotatable bonds is 3. The van der Waals surface area contributed by atoms with Crippen molar-refractivity contribution in [3.63, 3.8) is 0 Å². The Labute approximate surface area is 136 Å². The molecule has 2 heterocycles. The number of pyridine rings is 1. The molecule has 1 atom stereocenters. The van der Waals surface area contributed by atoms with Gasteiger partial charge in [0.25, 0.3) is 0 Å². The zero-order valence-corrected chi connectivity index (χ0v) is 13.3. The Morgan fingerprint density at radius 3 is 2.62 bits per heavy atom. The summed E-state index contributed by atoms with van der Waals surface area (Å²) in [6, 6.07) is 0.993. The van der Waals surface area contributed by atoms with Crippen LogP contribution in [0.2, 0.25) is 0 Å². The van der Waals surface area contributed by atoms with E-state index in [2.05, 4.69) is 15.1 Å². The Bertz CT molecular complexity index is 767. The van der Waals surface area contributed by atoms with Crippen molar-refractivity contribution in [3.05, 3.63) is 29.8 Å². The van der Waals surface area contributed by atoms with E-state index in [0.29, 0.717) is 25.1 Å². The summed E-state index contributed by atoms with van der Waals surface area (Å²) in [4.78, 5) is 19.6. The number of aromatic nitrogens is 4. The first-order valence-electron chi connectivity index (χ1n) is 7.76. The minimum absolute atomic E-state index is 0.00397. The zero-order valence-electron chi connectivity index (χ0n) is 13.3. The molecule has 0 amide bonds. The number of hydrogen-bond acceptors (Lipinski definition) is 4. The van der Waals surface area contributed by atoms with Crippen molar-refractivity contribution in [2.45, 2.75) is 51.2 Å². The number of carbonyl (C=O) groups excluding carboxylic acids is 1. The van der Waals surface area contributed by atoms with E-state index in [-0.39, 0.29) is 29.1 Å². The fourth-order valence-electron chi connectivity index (χ4n) is 2.87. The van der Waals surface area contributed by atoms with Gasteiger partial charge in [-0.25, -0.2) is 9.67 Å². The first kappa shape index (κ1) is 16.6. The lowest BCUT2D eigenvalue weighted by molar-refractivity contribution is -0.137. The lowest BCUT2D eigenvalue weighted by Gasteiger charge is -2.12. The average Bonchev–Trinajstić information content (AvgIpc) is 3.12. The van der Waals surface area contributed by atoms with Gasteiger partial charge >= 0.3 is 6.18 Å². The Kier molecular flexibility index (Phi) is 4.15. The van der Waals surface area contributed by atoms with E-state index in [1.54, 1.807) is 4.68 Å². The molecule has 0 aromatic carbocycles. The minimum Gasteiger partial charge on any atom is -0.300 e. The van der Waals surface area contributed by atoms with Gasteiger partial charge in [0.2, 0.25) is 0 Å². The molecule has 1 saturated carbocycles. The van der Waals surface area contributed by atoms with Crippen molar-refractivity contribution in [3.8, 4) is 11.4 Å². The summed E-state index contributed by atoms with van der Waals surface area (Å²) in [7, 11) is 0. The van der Waals surface area contributed by atoms with Gasteiger partial charge in [0.1, 0.15) is 11.6 Å². The normalized spacial score (nSPS) is 18.6. The highest BCUT2D eigenvalue weighted by Crippen LogP contribution is 2.34. The molecule has 24 heavy (non-hydrogen) atoms. The highest BCUT2D eigenvalue weighted by molar-refractivity contribution is 5.81. The van der Waals surface area contributed by atoms with Crippen molar-refractivity contribution >= 4 is 5.78 Å². The molecule has 1 aliphatic rings. The molecule has 2 aromatic heterocycles. The molecule has 1 aliphatic carbocycles. The van der Waals surface area contributed by atoms with Crippen LogP contribution in [0.3, 0.4) is 0 Å². The largest absolute Gasteiger partial charge is 0.417 e. The Morgan fingerprint density at radius 1 is 1.29 bits per heavy atom. The van der Waals surface area contributed by atoms with Gasteiger partial charge in [-0.15, -0.1) is 0 Å². The second kappa shape index (κ2) is 5.99. The summed E-state index contributed by atoms with van der Waals surface area (Å²) in [5, 5.41) is 4.36. The number of nitrogens with zero attached hydrogens (tertiary/aromatic N) is 4. The zero-order chi connectivity index (χ0) is 17.5. The van der Waals surface area contributed by atoms with Crippen LogP contribution in [0, 0.1) is 0 Å². The van der Waals surface area contributed by atoms with Crippen LogP contribution < -0.4 is 0 Å². The predicted molar refractivity (Wildman–Crippen MR) is 80.2 cm³/mol. The standard InChI is InChI=1S/C16H17F3N4O/c1-9(2)23-15(10-3-4-13(24)6-10)21-14(22-23)11-5-12(8-20-7-11)16(17,18)19/h5,7-10H,3-4,6H2,1-2H3. The molecule has 1 fully saturated rings. The lowest BCUT2D eigenvalue weighted by atomic mass is 10.1. The van der Waals surface area contributed by atoms with Crippen LogP contribution in [0.25, 0.3) is 11.4 Å². The van der Waals surface area contributed by atoms with Crippen molar-refractivity contribution < 1.29 is 18.0 Å². The Balaban J connectivity index is 2.02. The summed E-state index contributed by atoms with van der Waals surface area (Å²) in [6.07, 6.45) is -0.755. The Hall–Kier alpha value is -2.25. The smallest absolute Gasteiger partial charge is 0.300 e. The van der Waals surface area contributed by atoms with E-state index < -0.39 is 11.7 Å². The fraction of sp³-hybridized carbons (Fsp3) is 0.500. The molecule has 5 nitrogen and oxygen atoms in total. The molecular weight excluding hydrogens is 321 g/mol. The van der Waals surface area contributed by atoms with Crippen molar-refractivity contribution in [1.29, 1.82) is 0 Å². The van der Waals surface area contributed by atoms with Gasteiger partial charge in [0.05, 0.1) is 5.56 Å². The van der Waals surface area contributed by atoms with Gasteiger partial charge in [0.15, 0.2) is 5.82 Å². The third-order valence-electron chi connectivity index (χ3n) is 4.08. The van der Waals surface area contributed by atoms with E-state index in [1.165, 1.54) is 6.20 Å². The van der Waals surface area contributed by atoms with Crippen LogP contribution in [0.15, 0.2) is 18.5 Å². The maximum Gasteiger partial charge on any atom is 0.417 e. The third kappa shape index (κ3) is 3.18. The topological polar surface area (TPSA) is 60.7 Å². The molecule has 2 aromatic rings. The second-order valence-electron chi connectivity index (χ2n) is 6.27. The monoisotopic (exact) mass is 338 g/mol. The van der Waals surface area contributed by atoms with Gasteiger partial charge < -0.3 is 0 Å². The molecule has 8 heteroatoms. The summed E-state index contributed by atoms with van der Waals surface area (Å²) >= 11 is 0. The van der Waals surface area contributed by atoms with Crippen molar-refractivity contribution in [2.75, 3.05) is 0 Å². The minimum atomic E-state index is -4.47. The number of hydrogen-bond donors (Lipinski definition) is 0. The van der Waals surface area contributed by atoms with Crippen molar-refractivity contribution in [1.82, 2.24) is 19.7 Å². The molecule has 0 bridgehead atoms. The van der Waals surface area contributed by atoms with E-state index in [9.17, 15) is 18.0 Å². The molecule has 0 N–H and O–H groups in total. The summed E-state index contributed by atoms with van der Waals surface area (Å²) < 4.78 is 40.3. The molecular formula is C16H17F3N4O. The quantitative estimate of drug-likeness (QED) is 0.854. The molecule has 1 unspecified atom stereocenters. The molecule has 0 radical (unpaired) electrons. The van der Waals surface area contributed by atoms with Crippen molar-refractivity contribution in [2.24, 2.45) is 0 Å².